The van der Waals surface area contributed by atoms with Crippen LogP contribution in [0.15, 0.2) is 97.1 Å². The lowest BCUT2D eigenvalue weighted by atomic mass is 9.62. The van der Waals surface area contributed by atoms with Gasteiger partial charge in [0.1, 0.15) is 12.2 Å². The van der Waals surface area contributed by atoms with Crippen LogP contribution in [0.2, 0.25) is 0 Å². The molecule has 0 spiro atoms. The molecule has 7 rings (SSSR count). The van der Waals surface area contributed by atoms with E-state index in [9.17, 15) is 10.2 Å². The van der Waals surface area contributed by atoms with E-state index >= 15 is 0 Å². The number of fused-ring (bicyclic) bond motifs is 1. The normalized spacial score (nSPS) is 24.2. The number of aliphatic hydroxyl groups is 2. The molecule has 0 saturated heterocycles. The first-order valence-corrected chi connectivity index (χ1v) is 11.5. The average molecular weight is 451 g/mol. The minimum atomic E-state index is -1.27. The van der Waals surface area contributed by atoms with E-state index in [-0.39, 0.29) is 0 Å². The molecule has 0 saturated carbocycles. The van der Waals surface area contributed by atoms with Gasteiger partial charge < -0.3 is 10.2 Å². The molecule has 34 heavy (non-hydrogen) atoms. The van der Waals surface area contributed by atoms with Crippen LogP contribution in [0.25, 0.3) is 0 Å². The molecule has 4 aromatic carbocycles. The molecule has 0 aromatic heterocycles. The molecule has 2 heterocycles. The highest BCUT2D eigenvalue weighted by molar-refractivity contribution is 5.61. The topological polar surface area (TPSA) is 58.9 Å². The van der Waals surface area contributed by atoms with E-state index in [0.717, 1.165) is 44.5 Å². The van der Waals surface area contributed by atoms with E-state index in [1.54, 1.807) is 0 Å². The number of hydrogen-bond acceptors (Lipinski definition) is 4. The van der Waals surface area contributed by atoms with Gasteiger partial charge >= 0.3 is 0 Å². The zero-order valence-electron chi connectivity index (χ0n) is 19.1. The number of aliphatic hydroxyl groups excluding tert-OH is 2. The fraction of sp³-hybridized carbons (Fsp3) is 0.200. The lowest BCUT2D eigenvalue weighted by molar-refractivity contribution is -0.454. The van der Waals surface area contributed by atoms with Crippen LogP contribution in [0.4, 0.5) is 0 Å². The van der Waals surface area contributed by atoms with Gasteiger partial charge in [0.25, 0.3) is 0 Å². The molecule has 2 bridgehead atoms. The minimum Gasteiger partial charge on any atom is -0.384 e. The summed E-state index contributed by atoms with van der Waals surface area (Å²) in [4.78, 5) is 12.4. The van der Waals surface area contributed by atoms with Crippen LogP contribution in [0.3, 0.4) is 0 Å². The van der Waals surface area contributed by atoms with Gasteiger partial charge in [0.05, 0.1) is 0 Å². The van der Waals surface area contributed by atoms with Crippen molar-refractivity contribution in [2.45, 2.75) is 37.3 Å². The summed E-state index contributed by atoms with van der Waals surface area (Å²) in [5.74, 6) is 0. The van der Waals surface area contributed by atoms with Crippen molar-refractivity contribution < 1.29 is 20.0 Å². The second-order valence-corrected chi connectivity index (χ2v) is 9.36. The van der Waals surface area contributed by atoms with Crippen LogP contribution < -0.4 is 0 Å². The van der Waals surface area contributed by atoms with E-state index in [0.29, 0.717) is 0 Å². The predicted octanol–water partition coefficient (Wildman–Crippen LogP) is 5.53. The maximum atomic E-state index is 11.8. The molecule has 2 aliphatic heterocycles. The molecule has 0 radical (unpaired) electrons. The van der Waals surface area contributed by atoms with Crippen molar-refractivity contribution in [3.63, 3.8) is 0 Å². The zero-order valence-corrected chi connectivity index (χ0v) is 19.1. The first-order valence-electron chi connectivity index (χ1n) is 11.5. The molecular formula is C30H26O4. The molecule has 4 aromatic rings. The molecule has 2 N–H and O–H groups in total. The van der Waals surface area contributed by atoms with E-state index in [2.05, 4.69) is 0 Å². The maximum Gasteiger partial charge on any atom is 0.184 e. The van der Waals surface area contributed by atoms with Crippen molar-refractivity contribution in [2.24, 2.45) is 0 Å². The molecule has 1 aliphatic carbocycles. The van der Waals surface area contributed by atoms with E-state index < -0.39 is 23.4 Å². The average Bonchev–Trinajstić information content (AvgIpc) is 2.89. The predicted molar refractivity (Wildman–Crippen MR) is 129 cm³/mol. The number of rotatable bonds is 4. The Morgan fingerprint density at radius 1 is 0.500 bits per heavy atom. The SMILES string of the molecule is Cc1ccc(C(O)C23OOC(C(O)c4ccc(C)cc4)(c4ccccc42)c2ccccc23)cc1. The molecule has 2 unspecified atom stereocenters. The van der Waals surface area contributed by atoms with Gasteiger partial charge in [-0.05, 0) is 25.0 Å². The van der Waals surface area contributed by atoms with Crippen molar-refractivity contribution >= 4 is 0 Å². The third-order valence-corrected chi connectivity index (χ3v) is 7.32. The molecule has 4 heteroatoms. The standard InChI is InChI=1S/C30H26O4/c1-19-11-15-21(16-12-19)27(31)29-23-7-3-5-9-25(23)30(34-33-29,26-10-6-4-8-24(26)29)28(32)22-17-13-20(2)14-18-22/h3-18,27-28,31-32H,1-2H3. The third-order valence-electron chi connectivity index (χ3n) is 7.32. The maximum absolute atomic E-state index is 11.8. The first-order chi connectivity index (χ1) is 16.5. The summed E-state index contributed by atoms with van der Waals surface area (Å²) < 4.78 is 0. The lowest BCUT2D eigenvalue weighted by Gasteiger charge is -2.55. The van der Waals surface area contributed by atoms with E-state index in [1.165, 1.54) is 0 Å². The Bertz CT molecular complexity index is 1200. The Morgan fingerprint density at radius 2 is 0.794 bits per heavy atom. The summed E-state index contributed by atoms with van der Waals surface area (Å²) in [6, 6.07) is 31.1. The Hall–Kier alpha value is -3.28. The van der Waals surface area contributed by atoms with Crippen molar-refractivity contribution in [2.75, 3.05) is 0 Å². The highest BCUT2D eigenvalue weighted by atomic mass is 17.2. The summed E-state index contributed by atoms with van der Waals surface area (Å²) in [5.41, 5.74) is 4.31. The quantitative estimate of drug-likeness (QED) is 0.401. The second-order valence-electron chi connectivity index (χ2n) is 9.36. The summed E-state index contributed by atoms with van der Waals surface area (Å²) in [5, 5.41) is 23.6. The second kappa shape index (κ2) is 7.62. The first kappa shape index (κ1) is 21.3. The third kappa shape index (κ3) is 2.74. The molecule has 3 aliphatic rings. The van der Waals surface area contributed by atoms with Crippen LogP contribution in [0.5, 0.6) is 0 Å². The smallest absolute Gasteiger partial charge is 0.184 e. The van der Waals surface area contributed by atoms with E-state index in [1.807, 2.05) is 111 Å². The summed E-state index contributed by atoms with van der Waals surface area (Å²) in [6.45, 7) is 4.03. The van der Waals surface area contributed by atoms with Crippen LogP contribution >= 0.6 is 0 Å². The number of aryl methyl sites for hydroxylation is 2. The van der Waals surface area contributed by atoms with Gasteiger partial charge in [-0.1, -0.05) is 108 Å². The monoisotopic (exact) mass is 450 g/mol. The van der Waals surface area contributed by atoms with E-state index in [4.69, 9.17) is 9.78 Å². The fourth-order valence-corrected chi connectivity index (χ4v) is 5.51. The molecule has 2 atom stereocenters. The van der Waals surface area contributed by atoms with Gasteiger partial charge in [0.15, 0.2) is 11.2 Å². The minimum absolute atomic E-state index is 0.729. The summed E-state index contributed by atoms with van der Waals surface area (Å²) in [7, 11) is 0. The highest BCUT2D eigenvalue weighted by Gasteiger charge is 2.64. The van der Waals surface area contributed by atoms with Crippen molar-refractivity contribution in [1.29, 1.82) is 0 Å². The molecule has 0 fully saturated rings. The lowest BCUT2D eigenvalue weighted by Crippen LogP contribution is -2.57. The van der Waals surface area contributed by atoms with Gasteiger partial charge in [0.2, 0.25) is 0 Å². The Kier molecular flexibility index (Phi) is 4.77. The largest absolute Gasteiger partial charge is 0.384 e. The molecule has 170 valence electrons. The Balaban J connectivity index is 1.61. The van der Waals surface area contributed by atoms with Crippen molar-refractivity contribution in [3.05, 3.63) is 142 Å². The summed E-state index contributed by atoms with van der Waals surface area (Å²) >= 11 is 0. The number of benzene rings is 4. The van der Waals surface area contributed by atoms with Gasteiger partial charge in [-0.15, -0.1) is 0 Å². The van der Waals surface area contributed by atoms with Crippen LogP contribution in [0, 0.1) is 13.8 Å². The fourth-order valence-electron chi connectivity index (χ4n) is 5.51. The number of hydrogen-bond donors (Lipinski definition) is 2. The zero-order chi connectivity index (χ0) is 23.5. The Morgan fingerprint density at radius 3 is 1.09 bits per heavy atom. The van der Waals surface area contributed by atoms with Gasteiger partial charge in [-0.3, -0.25) is 0 Å². The molecular weight excluding hydrogens is 424 g/mol. The van der Waals surface area contributed by atoms with Crippen molar-refractivity contribution in [3.8, 4) is 0 Å². The molecule has 0 amide bonds. The van der Waals surface area contributed by atoms with Gasteiger partial charge in [-0.25, -0.2) is 9.78 Å². The van der Waals surface area contributed by atoms with Gasteiger partial charge in [0, 0.05) is 22.3 Å². The Labute approximate surface area is 199 Å². The summed E-state index contributed by atoms with van der Waals surface area (Å²) in [6.07, 6.45) is -2.05. The van der Waals surface area contributed by atoms with Crippen LogP contribution in [-0.2, 0) is 21.0 Å². The van der Waals surface area contributed by atoms with Crippen LogP contribution in [-0.4, -0.2) is 10.2 Å². The van der Waals surface area contributed by atoms with Crippen LogP contribution in [0.1, 0.15) is 56.7 Å². The van der Waals surface area contributed by atoms with Gasteiger partial charge in [-0.2, -0.15) is 0 Å². The molecule has 4 nitrogen and oxygen atoms in total. The van der Waals surface area contributed by atoms with Crippen molar-refractivity contribution in [1.82, 2.24) is 0 Å². The highest BCUT2D eigenvalue weighted by Crippen LogP contribution is 2.63.